The number of rotatable bonds is 11. The van der Waals surface area contributed by atoms with Gasteiger partial charge in [-0.25, -0.2) is 14.4 Å². The first-order chi connectivity index (χ1) is 22.0. The van der Waals surface area contributed by atoms with Crippen molar-refractivity contribution in [2.45, 2.75) is 25.9 Å². The molecule has 46 heavy (non-hydrogen) atoms. The molecule has 0 saturated heterocycles. The largest absolute Gasteiger partial charge is 0.463 e. The van der Waals surface area contributed by atoms with Crippen LogP contribution in [0.3, 0.4) is 0 Å². The van der Waals surface area contributed by atoms with Crippen molar-refractivity contribution in [2.75, 3.05) is 51.2 Å². The summed E-state index contributed by atoms with van der Waals surface area (Å²) < 4.78 is 10.8. The average Bonchev–Trinajstić information content (AvgIpc) is 3.04. The number of nitrogens with zero attached hydrogens (tertiary/aromatic N) is 2. The third-order valence-corrected chi connectivity index (χ3v) is 7.64. The number of nitrogens with one attached hydrogen (secondary N) is 2. The fourth-order valence-electron chi connectivity index (χ4n) is 5.19. The van der Waals surface area contributed by atoms with E-state index in [1.165, 1.54) is 0 Å². The molecule has 0 spiro atoms. The van der Waals surface area contributed by atoms with Gasteiger partial charge in [0, 0.05) is 39.6 Å². The van der Waals surface area contributed by atoms with Gasteiger partial charge in [0.25, 0.3) is 0 Å². The quantitative estimate of drug-likeness (QED) is 0.182. The van der Waals surface area contributed by atoms with Crippen LogP contribution in [0, 0.1) is 0 Å². The van der Waals surface area contributed by atoms with E-state index >= 15 is 0 Å². The molecule has 3 aromatic rings. The van der Waals surface area contributed by atoms with Gasteiger partial charge < -0.3 is 41.4 Å². The van der Waals surface area contributed by atoms with Crippen LogP contribution in [-0.2, 0) is 19.1 Å². The molecule has 0 aromatic heterocycles. The maximum absolute atomic E-state index is 13.5. The van der Waals surface area contributed by atoms with Crippen molar-refractivity contribution in [2.24, 2.45) is 11.5 Å². The molecule has 242 valence electrons. The number of hydrogen-bond donors (Lipinski definition) is 4. The van der Waals surface area contributed by atoms with Gasteiger partial charge in [0.1, 0.15) is 0 Å². The summed E-state index contributed by atoms with van der Waals surface area (Å²) in [5, 5.41) is 5.66. The predicted molar refractivity (Wildman–Crippen MR) is 181 cm³/mol. The zero-order chi connectivity index (χ0) is 33.5. The lowest BCUT2D eigenvalue weighted by Gasteiger charge is -2.30. The minimum atomic E-state index is -0.888. The second kappa shape index (κ2) is 14.7. The predicted octanol–water partition coefficient (Wildman–Crippen LogP) is 4.08. The van der Waals surface area contributed by atoms with Gasteiger partial charge in [-0.3, -0.25) is 0 Å². The van der Waals surface area contributed by atoms with Crippen LogP contribution in [0.1, 0.15) is 48.2 Å². The van der Waals surface area contributed by atoms with Gasteiger partial charge in [-0.1, -0.05) is 42.5 Å². The topological polar surface area (TPSA) is 152 Å². The van der Waals surface area contributed by atoms with Crippen LogP contribution in [0.25, 0.3) is 11.4 Å². The Kier molecular flexibility index (Phi) is 10.7. The summed E-state index contributed by atoms with van der Waals surface area (Å²) in [6.07, 6.45) is 0. The fourth-order valence-corrected chi connectivity index (χ4v) is 5.19. The fraction of sp³-hybridized carbons (Fsp3) is 0.286. The van der Waals surface area contributed by atoms with Gasteiger partial charge in [0.2, 0.25) is 0 Å². The molecule has 0 saturated carbocycles. The minimum Gasteiger partial charge on any atom is -0.463 e. The second-order valence-corrected chi connectivity index (χ2v) is 11.1. The number of anilines is 2. The molecule has 11 heteroatoms. The highest BCUT2D eigenvalue weighted by molar-refractivity contribution is 6.05. The Balaban J connectivity index is 1.85. The number of esters is 2. The third kappa shape index (κ3) is 7.32. The first-order valence-corrected chi connectivity index (χ1v) is 15.0. The van der Waals surface area contributed by atoms with Crippen molar-refractivity contribution < 1.29 is 23.9 Å². The van der Waals surface area contributed by atoms with E-state index in [9.17, 15) is 14.4 Å². The number of carbonyl (C=O) groups excluding carboxylic acids is 3. The van der Waals surface area contributed by atoms with E-state index in [2.05, 4.69) is 10.6 Å². The molecule has 1 aliphatic rings. The average molecular weight is 627 g/mol. The highest BCUT2D eigenvalue weighted by atomic mass is 16.5. The first-order valence-electron chi connectivity index (χ1n) is 15.0. The van der Waals surface area contributed by atoms with Crippen molar-refractivity contribution in [3.05, 3.63) is 106 Å². The Hall–Kier alpha value is -5.29. The van der Waals surface area contributed by atoms with E-state index in [4.69, 9.17) is 20.9 Å². The lowest BCUT2D eigenvalue weighted by atomic mass is 9.91. The molecule has 2 atom stereocenters. The number of carbonyl (C=O) groups is 3. The normalized spacial score (nSPS) is 15.6. The zero-order valence-electron chi connectivity index (χ0n) is 27.1. The smallest absolute Gasteiger partial charge is 0.338 e. The molecular formula is C35H42N6O5. The number of ether oxygens (including phenoxy) is 2. The van der Waals surface area contributed by atoms with Crippen LogP contribution in [-0.4, -0.2) is 59.4 Å². The van der Waals surface area contributed by atoms with Crippen molar-refractivity contribution in [3.63, 3.8) is 0 Å². The summed E-state index contributed by atoms with van der Waals surface area (Å²) in [4.78, 5) is 43.6. The third-order valence-electron chi connectivity index (χ3n) is 7.64. The van der Waals surface area contributed by atoms with Crippen LogP contribution in [0.4, 0.5) is 16.2 Å². The molecule has 0 radical (unpaired) electrons. The number of urea groups is 1. The van der Waals surface area contributed by atoms with Crippen LogP contribution in [0.5, 0.6) is 0 Å². The number of benzene rings is 3. The lowest BCUT2D eigenvalue weighted by molar-refractivity contribution is -0.139. The van der Waals surface area contributed by atoms with E-state index in [1.807, 2.05) is 86.5 Å². The Morgan fingerprint density at radius 1 is 0.870 bits per heavy atom. The van der Waals surface area contributed by atoms with Gasteiger partial charge in [-0.15, -0.1) is 0 Å². The summed E-state index contributed by atoms with van der Waals surface area (Å²) in [6.45, 7) is 3.70. The van der Waals surface area contributed by atoms with E-state index in [0.29, 0.717) is 22.3 Å². The lowest BCUT2D eigenvalue weighted by Crippen LogP contribution is -2.45. The summed E-state index contributed by atoms with van der Waals surface area (Å²) in [5.41, 5.74) is 18.3. The standard InChI is InChI=1S/C35H42N6O5/c1-7-45-33(42)27(29(36)21-12-16-25(17-13-21)40(3)4)30(37)23-10-9-11-24(20-23)32-28(34(43)46-8-2)31(38-35(44)39-32)22-14-18-26(19-15-22)41(5)6/h9-20,29,31H,7-8,36-37H2,1-6H3,(H2,38,39,44)/b30-27+. The molecule has 0 bridgehead atoms. The van der Waals surface area contributed by atoms with Crippen LogP contribution < -0.4 is 31.9 Å². The SMILES string of the molecule is CCOC(=O)C1=C(c2cccc(/C(N)=C(\C(=O)OCC)C(N)c3ccc(N(C)C)cc3)c2)NC(=O)NC1c1ccc(N(C)C)cc1. The highest BCUT2D eigenvalue weighted by Gasteiger charge is 2.35. The Labute approximate surface area is 269 Å². The van der Waals surface area contributed by atoms with Crippen LogP contribution in [0.2, 0.25) is 0 Å². The minimum absolute atomic E-state index is 0.0874. The summed E-state index contributed by atoms with van der Waals surface area (Å²) in [5.74, 6) is -1.23. The maximum Gasteiger partial charge on any atom is 0.338 e. The molecule has 6 N–H and O–H groups in total. The van der Waals surface area contributed by atoms with Crippen molar-refractivity contribution in [1.82, 2.24) is 10.6 Å². The van der Waals surface area contributed by atoms with Gasteiger partial charge in [0.05, 0.1) is 47.8 Å². The van der Waals surface area contributed by atoms with E-state index in [0.717, 1.165) is 11.4 Å². The number of nitrogens with two attached hydrogens (primary N) is 2. The molecule has 2 amide bonds. The van der Waals surface area contributed by atoms with Gasteiger partial charge in [0.15, 0.2) is 0 Å². The molecule has 1 aliphatic heterocycles. The number of hydrogen-bond acceptors (Lipinski definition) is 9. The summed E-state index contributed by atoms with van der Waals surface area (Å²) >= 11 is 0. The van der Waals surface area contributed by atoms with Crippen LogP contribution >= 0.6 is 0 Å². The Bertz CT molecular complexity index is 1640. The molecule has 0 aliphatic carbocycles. The first kappa shape index (κ1) is 33.6. The maximum atomic E-state index is 13.5. The molecule has 0 fully saturated rings. The molecular weight excluding hydrogens is 584 g/mol. The second-order valence-electron chi connectivity index (χ2n) is 11.1. The van der Waals surface area contributed by atoms with E-state index < -0.39 is 30.1 Å². The zero-order valence-corrected chi connectivity index (χ0v) is 27.1. The van der Waals surface area contributed by atoms with Crippen LogP contribution in [0.15, 0.2) is 83.9 Å². The van der Waals surface area contributed by atoms with Crippen molar-refractivity contribution in [3.8, 4) is 0 Å². The molecule has 3 aromatic carbocycles. The molecule has 4 rings (SSSR count). The molecule has 11 nitrogen and oxygen atoms in total. The van der Waals surface area contributed by atoms with Gasteiger partial charge in [-0.05, 0) is 66.4 Å². The summed E-state index contributed by atoms with van der Waals surface area (Å²) in [7, 11) is 7.72. The Morgan fingerprint density at radius 3 is 2.02 bits per heavy atom. The summed E-state index contributed by atoms with van der Waals surface area (Å²) in [6, 6.07) is 19.8. The van der Waals surface area contributed by atoms with Crippen molar-refractivity contribution in [1.29, 1.82) is 0 Å². The molecule has 2 unspecified atom stereocenters. The van der Waals surface area contributed by atoms with Crippen molar-refractivity contribution >= 4 is 40.7 Å². The van der Waals surface area contributed by atoms with Gasteiger partial charge >= 0.3 is 18.0 Å². The van der Waals surface area contributed by atoms with E-state index in [1.54, 1.807) is 38.1 Å². The number of amides is 2. The monoisotopic (exact) mass is 626 g/mol. The molecule has 1 heterocycles. The van der Waals surface area contributed by atoms with E-state index in [-0.39, 0.29) is 35.8 Å². The Morgan fingerprint density at radius 2 is 1.46 bits per heavy atom. The van der Waals surface area contributed by atoms with Gasteiger partial charge in [-0.2, -0.15) is 0 Å². The highest BCUT2D eigenvalue weighted by Crippen LogP contribution is 2.34.